The Balaban J connectivity index is 1.32. The summed E-state index contributed by atoms with van der Waals surface area (Å²) in [6.07, 6.45) is -0.282. The summed E-state index contributed by atoms with van der Waals surface area (Å²) in [5.74, 6) is 1.60. The first-order valence-electron chi connectivity index (χ1n) is 10.0. The number of hydrogen-bond acceptors (Lipinski definition) is 6. The first-order chi connectivity index (χ1) is 14.7. The number of para-hydroxylation sites is 1. The molecule has 0 saturated carbocycles. The van der Waals surface area contributed by atoms with Crippen LogP contribution < -0.4 is 4.90 Å². The molecule has 1 saturated heterocycles. The lowest BCUT2D eigenvalue weighted by Crippen LogP contribution is -2.49. The van der Waals surface area contributed by atoms with E-state index in [0.29, 0.717) is 26.2 Å². The molecule has 8 heteroatoms. The van der Waals surface area contributed by atoms with Gasteiger partial charge in [0, 0.05) is 31.6 Å². The second-order valence-electron chi connectivity index (χ2n) is 7.35. The highest BCUT2D eigenvalue weighted by Gasteiger charge is 2.25. The highest BCUT2D eigenvalue weighted by Crippen LogP contribution is 2.24. The van der Waals surface area contributed by atoms with Crippen molar-refractivity contribution in [1.29, 1.82) is 0 Å². The fraction of sp³-hybridized carbons (Fsp3) is 0.273. The number of carbonyl (C=O) groups excluding carboxylic acids is 1. The first kappa shape index (κ1) is 18.4. The van der Waals surface area contributed by atoms with E-state index in [9.17, 15) is 4.79 Å². The van der Waals surface area contributed by atoms with Crippen molar-refractivity contribution in [2.75, 3.05) is 31.1 Å². The van der Waals surface area contributed by atoms with Crippen LogP contribution in [0.5, 0.6) is 0 Å². The molecule has 0 bridgehead atoms. The summed E-state index contributed by atoms with van der Waals surface area (Å²) in [6, 6.07) is 17.7. The van der Waals surface area contributed by atoms with Crippen LogP contribution in [0, 0.1) is 6.92 Å². The first-order valence-corrected chi connectivity index (χ1v) is 10.0. The van der Waals surface area contributed by atoms with Crippen LogP contribution in [0.25, 0.3) is 16.6 Å². The average molecular weight is 402 g/mol. The fourth-order valence-electron chi connectivity index (χ4n) is 3.81. The van der Waals surface area contributed by atoms with E-state index in [2.05, 4.69) is 15.1 Å². The Kier molecular flexibility index (Phi) is 4.66. The van der Waals surface area contributed by atoms with Gasteiger partial charge in [-0.2, -0.15) is 0 Å². The van der Waals surface area contributed by atoms with Crippen molar-refractivity contribution in [3.63, 3.8) is 0 Å². The number of aryl methyl sites for hydroxylation is 1. The Hall–Kier alpha value is -3.68. The molecule has 0 atom stereocenters. The second-order valence-corrected chi connectivity index (χ2v) is 7.35. The normalized spacial score (nSPS) is 14.4. The zero-order valence-corrected chi connectivity index (χ0v) is 16.7. The largest absolute Gasteiger partial charge is 0.445 e. The summed E-state index contributed by atoms with van der Waals surface area (Å²) in [6.45, 7) is 4.69. The highest BCUT2D eigenvalue weighted by molar-refractivity contribution is 5.92. The SMILES string of the molecule is Cc1nnc2c3ccccc3nc(N3CCN(C(=O)OCc4ccccc4)CC3)n12. The molecule has 8 nitrogen and oxygen atoms in total. The Morgan fingerprint density at radius 3 is 2.50 bits per heavy atom. The maximum Gasteiger partial charge on any atom is 0.410 e. The van der Waals surface area contributed by atoms with Gasteiger partial charge in [-0.25, -0.2) is 14.2 Å². The smallest absolute Gasteiger partial charge is 0.410 e. The number of fused-ring (bicyclic) bond motifs is 3. The summed E-state index contributed by atoms with van der Waals surface area (Å²) in [4.78, 5) is 21.3. The van der Waals surface area contributed by atoms with Crippen molar-refractivity contribution in [3.8, 4) is 0 Å². The number of aromatic nitrogens is 4. The van der Waals surface area contributed by atoms with E-state index in [0.717, 1.165) is 33.9 Å². The summed E-state index contributed by atoms with van der Waals surface area (Å²) in [5.41, 5.74) is 2.67. The molecule has 4 aromatic rings. The molecule has 3 heterocycles. The molecule has 5 rings (SSSR count). The lowest BCUT2D eigenvalue weighted by Gasteiger charge is -2.35. The third-order valence-corrected chi connectivity index (χ3v) is 5.42. The number of anilines is 1. The number of piperazine rings is 1. The number of carbonyl (C=O) groups is 1. The molecular weight excluding hydrogens is 380 g/mol. The van der Waals surface area contributed by atoms with Gasteiger partial charge in [0.05, 0.1) is 5.52 Å². The molecule has 1 aliphatic rings. The molecule has 30 heavy (non-hydrogen) atoms. The molecule has 0 unspecified atom stereocenters. The number of rotatable bonds is 3. The summed E-state index contributed by atoms with van der Waals surface area (Å²) < 4.78 is 7.46. The second kappa shape index (κ2) is 7.62. The van der Waals surface area contributed by atoms with Crippen LogP contribution in [0.2, 0.25) is 0 Å². The van der Waals surface area contributed by atoms with Gasteiger partial charge < -0.3 is 14.5 Å². The molecule has 0 radical (unpaired) electrons. The van der Waals surface area contributed by atoms with Gasteiger partial charge >= 0.3 is 6.09 Å². The molecule has 0 aliphatic carbocycles. The third-order valence-electron chi connectivity index (χ3n) is 5.42. The van der Waals surface area contributed by atoms with Crippen LogP contribution in [-0.4, -0.2) is 56.8 Å². The predicted octanol–water partition coefficient (Wildman–Crippen LogP) is 3.04. The minimum atomic E-state index is -0.282. The molecule has 1 amide bonds. The van der Waals surface area contributed by atoms with Crippen molar-refractivity contribution in [2.24, 2.45) is 0 Å². The van der Waals surface area contributed by atoms with Crippen molar-refractivity contribution in [1.82, 2.24) is 24.5 Å². The molecule has 2 aromatic heterocycles. The van der Waals surface area contributed by atoms with Crippen LogP contribution >= 0.6 is 0 Å². The number of amides is 1. The van der Waals surface area contributed by atoms with Crippen molar-refractivity contribution in [3.05, 3.63) is 66.0 Å². The van der Waals surface area contributed by atoms with E-state index >= 15 is 0 Å². The number of benzene rings is 2. The van der Waals surface area contributed by atoms with E-state index in [1.54, 1.807) is 4.90 Å². The Morgan fingerprint density at radius 1 is 0.967 bits per heavy atom. The van der Waals surface area contributed by atoms with E-state index in [-0.39, 0.29) is 12.7 Å². The van der Waals surface area contributed by atoms with Crippen molar-refractivity contribution >= 4 is 28.6 Å². The van der Waals surface area contributed by atoms with Gasteiger partial charge in [-0.15, -0.1) is 10.2 Å². The molecule has 0 N–H and O–H groups in total. The van der Waals surface area contributed by atoms with Crippen molar-refractivity contribution < 1.29 is 9.53 Å². The third kappa shape index (κ3) is 3.30. The fourth-order valence-corrected chi connectivity index (χ4v) is 3.81. The molecule has 1 aliphatic heterocycles. The maximum atomic E-state index is 12.5. The number of ether oxygens (including phenoxy) is 1. The molecule has 1 fully saturated rings. The summed E-state index contributed by atoms with van der Waals surface area (Å²) in [7, 11) is 0. The minimum Gasteiger partial charge on any atom is -0.445 e. The molecule has 2 aromatic carbocycles. The van der Waals surface area contributed by atoms with Gasteiger partial charge in [-0.05, 0) is 24.6 Å². The van der Waals surface area contributed by atoms with Crippen LogP contribution in [0.3, 0.4) is 0 Å². The van der Waals surface area contributed by atoms with E-state index < -0.39 is 0 Å². The van der Waals surface area contributed by atoms with Gasteiger partial charge in [-0.1, -0.05) is 42.5 Å². The van der Waals surface area contributed by atoms with Crippen LogP contribution in [0.4, 0.5) is 10.7 Å². The summed E-state index contributed by atoms with van der Waals surface area (Å²) >= 11 is 0. The Morgan fingerprint density at radius 2 is 1.70 bits per heavy atom. The quantitative estimate of drug-likeness (QED) is 0.524. The molecular formula is C22H22N6O2. The predicted molar refractivity (Wildman–Crippen MR) is 113 cm³/mol. The van der Waals surface area contributed by atoms with E-state index in [4.69, 9.17) is 9.72 Å². The van der Waals surface area contributed by atoms with E-state index in [1.807, 2.05) is 65.9 Å². The lowest BCUT2D eigenvalue weighted by molar-refractivity contribution is 0.0940. The minimum absolute atomic E-state index is 0.282. The maximum absolute atomic E-state index is 12.5. The standard InChI is InChI=1S/C22H22N6O2/c1-16-24-25-20-18-9-5-6-10-19(18)23-21(28(16)20)26-11-13-27(14-12-26)22(29)30-15-17-7-3-2-4-8-17/h2-10H,11-15H2,1H3. The average Bonchev–Trinajstić information content (AvgIpc) is 3.20. The van der Waals surface area contributed by atoms with Gasteiger partial charge in [-0.3, -0.25) is 0 Å². The van der Waals surface area contributed by atoms with Gasteiger partial charge in [0.2, 0.25) is 5.95 Å². The summed E-state index contributed by atoms with van der Waals surface area (Å²) in [5, 5.41) is 9.60. The zero-order valence-electron chi connectivity index (χ0n) is 16.7. The van der Waals surface area contributed by atoms with Crippen LogP contribution in [0.15, 0.2) is 54.6 Å². The van der Waals surface area contributed by atoms with Crippen molar-refractivity contribution in [2.45, 2.75) is 13.5 Å². The Labute approximate surface area is 173 Å². The van der Waals surface area contributed by atoms with Crippen LogP contribution in [0.1, 0.15) is 11.4 Å². The zero-order chi connectivity index (χ0) is 20.5. The lowest BCUT2D eigenvalue weighted by atomic mass is 10.2. The molecule has 152 valence electrons. The molecule has 0 spiro atoms. The highest BCUT2D eigenvalue weighted by atomic mass is 16.6. The number of hydrogen-bond donors (Lipinski definition) is 0. The topological polar surface area (TPSA) is 75.9 Å². The number of nitrogens with zero attached hydrogens (tertiary/aromatic N) is 6. The van der Waals surface area contributed by atoms with E-state index in [1.165, 1.54) is 0 Å². The van der Waals surface area contributed by atoms with Gasteiger partial charge in [0.1, 0.15) is 12.4 Å². The Bertz CT molecular complexity index is 1200. The van der Waals surface area contributed by atoms with Gasteiger partial charge in [0.25, 0.3) is 0 Å². The van der Waals surface area contributed by atoms with Crippen LogP contribution in [-0.2, 0) is 11.3 Å². The monoisotopic (exact) mass is 402 g/mol. The van der Waals surface area contributed by atoms with Gasteiger partial charge in [0.15, 0.2) is 5.65 Å².